The molecule has 1 aliphatic rings. The molecule has 88 valence electrons. The quantitative estimate of drug-likeness (QED) is 0.780. The summed E-state index contributed by atoms with van der Waals surface area (Å²) in [5.41, 5.74) is 1.03. The number of hydrogen-bond donors (Lipinski definition) is 0. The van der Waals surface area contributed by atoms with Crippen LogP contribution >= 0.6 is 0 Å². The lowest BCUT2D eigenvalue weighted by Gasteiger charge is -2.26. The SMILES string of the molecule is COc1cc(N(C)C2CCCC2)ccc1F. The minimum atomic E-state index is -0.300. The summed E-state index contributed by atoms with van der Waals surface area (Å²) in [5.74, 6) is 0.0217. The minimum absolute atomic E-state index is 0.300. The number of ether oxygens (including phenoxy) is 1. The Morgan fingerprint density at radius 2 is 2.00 bits per heavy atom. The summed E-state index contributed by atoms with van der Waals surface area (Å²) in [7, 11) is 3.57. The van der Waals surface area contributed by atoms with E-state index in [4.69, 9.17) is 4.74 Å². The van der Waals surface area contributed by atoms with Gasteiger partial charge in [-0.3, -0.25) is 0 Å². The molecule has 3 heteroatoms. The first-order valence-corrected chi connectivity index (χ1v) is 5.78. The Labute approximate surface area is 96.0 Å². The fourth-order valence-corrected chi connectivity index (χ4v) is 2.37. The van der Waals surface area contributed by atoms with Crippen molar-refractivity contribution < 1.29 is 9.13 Å². The van der Waals surface area contributed by atoms with Gasteiger partial charge >= 0.3 is 0 Å². The second-order valence-corrected chi connectivity index (χ2v) is 4.37. The summed E-state index contributed by atoms with van der Waals surface area (Å²) in [6.07, 6.45) is 5.06. The predicted molar refractivity (Wildman–Crippen MR) is 63.6 cm³/mol. The monoisotopic (exact) mass is 223 g/mol. The predicted octanol–water partition coefficient (Wildman–Crippen LogP) is 3.21. The maximum absolute atomic E-state index is 13.3. The van der Waals surface area contributed by atoms with Crippen LogP contribution in [0.2, 0.25) is 0 Å². The van der Waals surface area contributed by atoms with E-state index >= 15 is 0 Å². The van der Waals surface area contributed by atoms with E-state index in [-0.39, 0.29) is 5.82 Å². The molecule has 1 aromatic carbocycles. The van der Waals surface area contributed by atoms with Crippen molar-refractivity contribution in [2.75, 3.05) is 19.1 Å². The summed E-state index contributed by atoms with van der Waals surface area (Å²) >= 11 is 0. The van der Waals surface area contributed by atoms with Gasteiger partial charge in [0.2, 0.25) is 0 Å². The molecule has 0 heterocycles. The minimum Gasteiger partial charge on any atom is -0.494 e. The summed E-state index contributed by atoms with van der Waals surface area (Å²) in [4.78, 5) is 2.23. The third kappa shape index (κ3) is 2.13. The number of methoxy groups -OCH3 is 1. The van der Waals surface area contributed by atoms with Gasteiger partial charge in [-0.05, 0) is 25.0 Å². The molecule has 0 spiro atoms. The Morgan fingerprint density at radius 3 is 2.62 bits per heavy atom. The van der Waals surface area contributed by atoms with Crippen LogP contribution in [0.5, 0.6) is 5.75 Å². The lowest BCUT2D eigenvalue weighted by molar-refractivity contribution is 0.386. The van der Waals surface area contributed by atoms with Gasteiger partial charge in [0.05, 0.1) is 7.11 Å². The number of nitrogens with zero attached hydrogens (tertiary/aromatic N) is 1. The first kappa shape index (κ1) is 11.2. The average Bonchev–Trinajstić information content (AvgIpc) is 2.82. The smallest absolute Gasteiger partial charge is 0.165 e. The van der Waals surface area contributed by atoms with Crippen molar-refractivity contribution in [1.82, 2.24) is 0 Å². The van der Waals surface area contributed by atoms with Gasteiger partial charge in [0.15, 0.2) is 11.6 Å². The van der Waals surface area contributed by atoms with E-state index in [1.54, 1.807) is 6.07 Å². The number of rotatable bonds is 3. The Kier molecular flexibility index (Phi) is 3.32. The van der Waals surface area contributed by atoms with Crippen LogP contribution in [0.15, 0.2) is 18.2 Å². The van der Waals surface area contributed by atoms with Gasteiger partial charge in [0, 0.05) is 24.8 Å². The molecule has 0 N–H and O–H groups in total. The van der Waals surface area contributed by atoms with Crippen molar-refractivity contribution in [3.05, 3.63) is 24.0 Å². The Balaban J connectivity index is 2.19. The van der Waals surface area contributed by atoms with Gasteiger partial charge in [-0.25, -0.2) is 4.39 Å². The van der Waals surface area contributed by atoms with E-state index in [1.807, 2.05) is 6.07 Å². The molecule has 1 fully saturated rings. The molecular formula is C13H18FNO. The van der Waals surface area contributed by atoms with E-state index in [0.29, 0.717) is 11.8 Å². The summed E-state index contributed by atoms with van der Waals surface area (Å²) in [6.45, 7) is 0. The second kappa shape index (κ2) is 4.73. The van der Waals surface area contributed by atoms with E-state index in [1.165, 1.54) is 38.9 Å². The topological polar surface area (TPSA) is 12.5 Å². The molecule has 2 rings (SSSR count). The van der Waals surface area contributed by atoms with Gasteiger partial charge in [-0.15, -0.1) is 0 Å². The van der Waals surface area contributed by atoms with Crippen LogP contribution in [0, 0.1) is 5.82 Å². The van der Waals surface area contributed by atoms with E-state index in [2.05, 4.69) is 11.9 Å². The molecule has 0 saturated heterocycles. The van der Waals surface area contributed by atoms with Crippen molar-refractivity contribution >= 4 is 5.69 Å². The number of hydrogen-bond acceptors (Lipinski definition) is 2. The fourth-order valence-electron chi connectivity index (χ4n) is 2.37. The normalized spacial score (nSPS) is 16.4. The third-order valence-corrected chi connectivity index (χ3v) is 3.41. The number of halogens is 1. The largest absolute Gasteiger partial charge is 0.494 e. The van der Waals surface area contributed by atoms with Gasteiger partial charge in [-0.2, -0.15) is 0 Å². The highest BCUT2D eigenvalue weighted by Crippen LogP contribution is 2.29. The highest BCUT2D eigenvalue weighted by molar-refractivity contribution is 5.51. The first-order chi connectivity index (χ1) is 7.72. The van der Waals surface area contributed by atoms with Gasteiger partial charge in [0.1, 0.15) is 0 Å². The molecule has 1 aliphatic carbocycles. The molecule has 0 aromatic heterocycles. The molecule has 0 amide bonds. The number of benzene rings is 1. The summed E-state index contributed by atoms with van der Waals surface area (Å²) < 4.78 is 18.3. The van der Waals surface area contributed by atoms with Crippen LogP contribution in [0.4, 0.5) is 10.1 Å². The van der Waals surface area contributed by atoms with Gasteiger partial charge in [-0.1, -0.05) is 12.8 Å². The lowest BCUT2D eigenvalue weighted by atomic mass is 10.2. The third-order valence-electron chi connectivity index (χ3n) is 3.41. The van der Waals surface area contributed by atoms with Crippen LogP contribution in [0.1, 0.15) is 25.7 Å². The molecule has 1 saturated carbocycles. The van der Waals surface area contributed by atoms with Crippen LogP contribution in [-0.4, -0.2) is 20.2 Å². The standard InChI is InChI=1S/C13H18FNO/c1-15(10-5-3-4-6-10)11-7-8-12(14)13(9-11)16-2/h7-10H,3-6H2,1-2H3. The van der Waals surface area contributed by atoms with Crippen molar-refractivity contribution in [2.45, 2.75) is 31.7 Å². The van der Waals surface area contributed by atoms with Crippen LogP contribution < -0.4 is 9.64 Å². The maximum Gasteiger partial charge on any atom is 0.165 e. The first-order valence-electron chi connectivity index (χ1n) is 5.78. The Hall–Kier alpha value is -1.25. The zero-order valence-electron chi connectivity index (χ0n) is 9.87. The average molecular weight is 223 g/mol. The van der Waals surface area contributed by atoms with E-state index in [0.717, 1.165) is 5.69 Å². The van der Waals surface area contributed by atoms with E-state index < -0.39 is 0 Å². The highest BCUT2D eigenvalue weighted by atomic mass is 19.1. The Morgan fingerprint density at radius 1 is 1.31 bits per heavy atom. The lowest BCUT2D eigenvalue weighted by Crippen LogP contribution is -2.28. The second-order valence-electron chi connectivity index (χ2n) is 4.37. The summed E-state index contributed by atoms with van der Waals surface area (Å²) in [5, 5.41) is 0. The molecule has 0 bridgehead atoms. The van der Waals surface area contributed by atoms with Gasteiger partial charge in [0.25, 0.3) is 0 Å². The van der Waals surface area contributed by atoms with Crippen molar-refractivity contribution in [1.29, 1.82) is 0 Å². The molecule has 0 atom stereocenters. The zero-order chi connectivity index (χ0) is 11.5. The molecule has 0 unspecified atom stereocenters. The number of anilines is 1. The van der Waals surface area contributed by atoms with Crippen LogP contribution in [-0.2, 0) is 0 Å². The van der Waals surface area contributed by atoms with Crippen LogP contribution in [0.25, 0.3) is 0 Å². The van der Waals surface area contributed by atoms with Crippen molar-refractivity contribution in [2.24, 2.45) is 0 Å². The highest BCUT2D eigenvalue weighted by Gasteiger charge is 2.20. The molecule has 1 aromatic rings. The molecule has 0 aliphatic heterocycles. The van der Waals surface area contributed by atoms with Crippen molar-refractivity contribution in [3.63, 3.8) is 0 Å². The van der Waals surface area contributed by atoms with E-state index in [9.17, 15) is 4.39 Å². The molecule has 2 nitrogen and oxygen atoms in total. The van der Waals surface area contributed by atoms with Crippen molar-refractivity contribution in [3.8, 4) is 5.75 Å². The molecular weight excluding hydrogens is 205 g/mol. The van der Waals surface area contributed by atoms with Crippen LogP contribution in [0.3, 0.4) is 0 Å². The zero-order valence-corrected chi connectivity index (χ0v) is 9.87. The van der Waals surface area contributed by atoms with Gasteiger partial charge < -0.3 is 9.64 Å². The molecule has 0 radical (unpaired) electrons. The fraction of sp³-hybridized carbons (Fsp3) is 0.538. The Bertz CT molecular complexity index is 361. The summed E-state index contributed by atoms with van der Waals surface area (Å²) in [6, 6.07) is 5.65. The maximum atomic E-state index is 13.3. The molecule has 16 heavy (non-hydrogen) atoms.